The molecule has 28 heavy (non-hydrogen) atoms. The third-order valence-corrected chi connectivity index (χ3v) is 11.8. The van der Waals surface area contributed by atoms with Crippen LogP contribution in [0.3, 0.4) is 0 Å². The van der Waals surface area contributed by atoms with E-state index in [1.807, 2.05) is 31.2 Å². The highest BCUT2D eigenvalue weighted by atomic mass is 32.2. The van der Waals surface area contributed by atoms with Gasteiger partial charge in [-0.2, -0.15) is 0 Å². The van der Waals surface area contributed by atoms with Gasteiger partial charge in [-0.15, -0.1) is 18.3 Å². The molecule has 1 heterocycles. The average molecular weight is 421 g/mol. The van der Waals surface area contributed by atoms with Gasteiger partial charge in [0.1, 0.15) is 10.9 Å². The van der Waals surface area contributed by atoms with E-state index in [0.717, 1.165) is 24.2 Å². The van der Waals surface area contributed by atoms with Crippen LogP contribution in [0.25, 0.3) is 0 Å². The number of carbonyl (C=O) groups excluding carboxylic acids is 1. The van der Waals surface area contributed by atoms with Crippen molar-refractivity contribution >= 4 is 26.0 Å². The standard InChI is InChI=1S/C23H36O3SSi/c1-8-9-13-19(26-28(6,7)22(3,4)5)17-23(16-18(2)25-21(23)24)27-20-14-11-10-12-15-20/h8,10-12,14-15,18-19H,1,9,13,16-17H2,2-7H3/t18-,19+,23?/m0/s1. The molecule has 1 aromatic carbocycles. The van der Waals surface area contributed by atoms with Gasteiger partial charge in [-0.3, -0.25) is 4.79 Å². The first-order chi connectivity index (χ1) is 13.0. The van der Waals surface area contributed by atoms with Crippen molar-refractivity contribution in [1.82, 2.24) is 0 Å². The lowest BCUT2D eigenvalue weighted by atomic mass is 9.95. The lowest BCUT2D eigenvalue weighted by Gasteiger charge is -2.41. The zero-order chi connectivity index (χ0) is 21.0. The first-order valence-corrected chi connectivity index (χ1v) is 14.0. The zero-order valence-electron chi connectivity index (χ0n) is 18.3. The molecule has 0 aromatic heterocycles. The average Bonchev–Trinajstić information content (AvgIpc) is 2.85. The molecular weight excluding hydrogens is 384 g/mol. The van der Waals surface area contributed by atoms with Gasteiger partial charge in [0.15, 0.2) is 8.32 Å². The summed E-state index contributed by atoms with van der Waals surface area (Å²) >= 11 is 1.64. The van der Waals surface area contributed by atoms with Crippen LogP contribution in [0.5, 0.6) is 0 Å². The molecule has 2 rings (SSSR count). The predicted octanol–water partition coefficient (Wildman–Crippen LogP) is 6.60. The van der Waals surface area contributed by atoms with Gasteiger partial charge in [-0.05, 0) is 56.5 Å². The van der Waals surface area contributed by atoms with Gasteiger partial charge in [0.25, 0.3) is 0 Å². The Labute approximate surface area is 176 Å². The molecular formula is C23H36O3SSi. The van der Waals surface area contributed by atoms with Crippen molar-refractivity contribution in [2.24, 2.45) is 0 Å². The van der Waals surface area contributed by atoms with E-state index in [1.165, 1.54) is 0 Å². The first-order valence-electron chi connectivity index (χ1n) is 10.2. The van der Waals surface area contributed by atoms with E-state index in [4.69, 9.17) is 9.16 Å². The highest BCUT2D eigenvalue weighted by Gasteiger charge is 2.51. The van der Waals surface area contributed by atoms with E-state index in [2.05, 4.69) is 52.6 Å². The quantitative estimate of drug-likeness (QED) is 0.256. The summed E-state index contributed by atoms with van der Waals surface area (Å²) < 4.78 is 11.8. The molecule has 3 nitrogen and oxygen atoms in total. The molecule has 1 fully saturated rings. The molecule has 156 valence electrons. The summed E-state index contributed by atoms with van der Waals surface area (Å²) in [5.74, 6) is -0.101. The molecule has 1 aromatic rings. The van der Waals surface area contributed by atoms with Crippen LogP contribution in [0.15, 0.2) is 47.9 Å². The third kappa shape index (κ3) is 5.74. The minimum atomic E-state index is -1.95. The minimum absolute atomic E-state index is 0.0213. The van der Waals surface area contributed by atoms with E-state index in [9.17, 15) is 4.79 Å². The number of cyclic esters (lactones) is 1. The largest absolute Gasteiger partial charge is 0.462 e. The smallest absolute Gasteiger partial charge is 0.323 e. The second kappa shape index (κ2) is 9.18. The highest BCUT2D eigenvalue weighted by molar-refractivity contribution is 8.01. The Morgan fingerprint density at radius 1 is 1.36 bits per heavy atom. The van der Waals surface area contributed by atoms with Crippen molar-refractivity contribution in [2.45, 2.75) is 93.4 Å². The number of rotatable bonds is 9. The van der Waals surface area contributed by atoms with Crippen LogP contribution in [0.1, 0.15) is 53.4 Å². The van der Waals surface area contributed by atoms with Crippen LogP contribution in [-0.4, -0.2) is 31.2 Å². The number of ether oxygens (including phenoxy) is 1. The van der Waals surface area contributed by atoms with Crippen molar-refractivity contribution in [3.05, 3.63) is 43.0 Å². The van der Waals surface area contributed by atoms with Gasteiger partial charge in [-0.1, -0.05) is 45.0 Å². The number of hydrogen-bond donors (Lipinski definition) is 0. The third-order valence-electron chi connectivity index (χ3n) is 5.87. The van der Waals surface area contributed by atoms with Gasteiger partial charge in [0.2, 0.25) is 0 Å². The van der Waals surface area contributed by atoms with Gasteiger partial charge in [0, 0.05) is 17.4 Å². The highest BCUT2D eigenvalue weighted by Crippen LogP contribution is 2.47. The fraction of sp³-hybridized carbons (Fsp3) is 0.609. The van der Waals surface area contributed by atoms with E-state index in [-0.39, 0.29) is 23.2 Å². The summed E-state index contributed by atoms with van der Waals surface area (Å²) in [6, 6.07) is 10.2. The summed E-state index contributed by atoms with van der Waals surface area (Å²) in [6.45, 7) is 17.2. The van der Waals surface area contributed by atoms with Crippen LogP contribution in [-0.2, 0) is 14.0 Å². The SMILES string of the molecule is C=CCC[C@H](CC1(Sc2ccccc2)C[C@H](C)OC1=O)O[Si](C)(C)C(C)(C)C. The Balaban J connectivity index is 2.29. The molecule has 1 saturated heterocycles. The Morgan fingerprint density at radius 2 is 2.00 bits per heavy atom. The Bertz CT molecular complexity index is 668. The molecule has 0 spiro atoms. The number of benzene rings is 1. The van der Waals surface area contributed by atoms with Crippen molar-refractivity contribution in [3.8, 4) is 0 Å². The molecule has 0 radical (unpaired) electrons. The number of carbonyl (C=O) groups is 1. The fourth-order valence-electron chi connectivity index (χ4n) is 3.35. The molecule has 1 unspecified atom stereocenters. The van der Waals surface area contributed by atoms with Crippen LogP contribution in [0.4, 0.5) is 0 Å². The zero-order valence-corrected chi connectivity index (χ0v) is 20.1. The molecule has 5 heteroatoms. The molecule has 0 amide bonds. The Kier molecular flexibility index (Phi) is 7.62. The lowest BCUT2D eigenvalue weighted by molar-refractivity contribution is -0.143. The van der Waals surface area contributed by atoms with E-state index >= 15 is 0 Å². The fourth-order valence-corrected chi connectivity index (χ4v) is 6.20. The number of hydrogen-bond acceptors (Lipinski definition) is 4. The van der Waals surface area contributed by atoms with Crippen LogP contribution in [0.2, 0.25) is 18.1 Å². The maximum Gasteiger partial charge on any atom is 0.323 e. The summed E-state index contributed by atoms with van der Waals surface area (Å²) in [7, 11) is -1.95. The monoisotopic (exact) mass is 420 g/mol. The molecule has 1 aliphatic rings. The van der Waals surface area contributed by atoms with Crippen LogP contribution >= 0.6 is 11.8 Å². The van der Waals surface area contributed by atoms with Crippen molar-refractivity contribution in [1.29, 1.82) is 0 Å². The van der Waals surface area contributed by atoms with E-state index < -0.39 is 13.1 Å². The van der Waals surface area contributed by atoms with Crippen molar-refractivity contribution in [2.75, 3.05) is 0 Å². The molecule has 3 atom stereocenters. The van der Waals surface area contributed by atoms with Crippen LogP contribution < -0.4 is 0 Å². The lowest BCUT2D eigenvalue weighted by Crippen LogP contribution is -2.46. The van der Waals surface area contributed by atoms with Gasteiger partial charge in [0.05, 0.1) is 0 Å². The van der Waals surface area contributed by atoms with Crippen LogP contribution in [0, 0.1) is 0 Å². The Hall–Kier alpha value is -1.04. The summed E-state index contributed by atoms with van der Waals surface area (Å²) in [5, 5.41) is 0.128. The van der Waals surface area contributed by atoms with Crippen molar-refractivity contribution < 1.29 is 14.0 Å². The Morgan fingerprint density at radius 3 is 2.50 bits per heavy atom. The number of thioether (sulfide) groups is 1. The maximum atomic E-state index is 13.0. The van der Waals surface area contributed by atoms with Gasteiger partial charge in [-0.25, -0.2) is 0 Å². The molecule has 0 bridgehead atoms. The second-order valence-electron chi connectivity index (χ2n) is 9.40. The summed E-state index contributed by atoms with van der Waals surface area (Å²) in [6.07, 6.45) is 5.07. The van der Waals surface area contributed by atoms with Gasteiger partial charge >= 0.3 is 5.97 Å². The first kappa shape index (κ1) is 23.2. The molecule has 0 saturated carbocycles. The molecule has 0 aliphatic carbocycles. The summed E-state index contributed by atoms with van der Waals surface area (Å²) in [5.41, 5.74) is 0. The van der Waals surface area contributed by atoms with E-state index in [0.29, 0.717) is 6.42 Å². The van der Waals surface area contributed by atoms with E-state index in [1.54, 1.807) is 11.8 Å². The molecule has 1 aliphatic heterocycles. The predicted molar refractivity (Wildman–Crippen MR) is 121 cm³/mol. The second-order valence-corrected chi connectivity index (χ2v) is 15.6. The maximum absolute atomic E-state index is 13.0. The summed E-state index contributed by atoms with van der Waals surface area (Å²) in [4.78, 5) is 14.1. The van der Waals surface area contributed by atoms with Crippen molar-refractivity contribution in [3.63, 3.8) is 0 Å². The van der Waals surface area contributed by atoms with Gasteiger partial charge < -0.3 is 9.16 Å². The minimum Gasteiger partial charge on any atom is -0.462 e. The number of esters is 1. The number of allylic oxidation sites excluding steroid dienone is 1. The topological polar surface area (TPSA) is 35.5 Å². The molecule has 0 N–H and O–H groups in total. The normalized spacial score (nSPS) is 24.1.